The van der Waals surface area contributed by atoms with Crippen molar-refractivity contribution in [2.75, 3.05) is 32.8 Å². The Bertz CT molecular complexity index is 1410. The number of carbonyl (C=O) groups is 2. The molecule has 40 heavy (non-hydrogen) atoms. The van der Waals surface area contributed by atoms with Gasteiger partial charge in [0.15, 0.2) is 0 Å². The van der Waals surface area contributed by atoms with Crippen LogP contribution in [0.15, 0.2) is 18.3 Å². The van der Waals surface area contributed by atoms with Gasteiger partial charge in [-0.2, -0.15) is 0 Å². The average molecular weight is 569 g/mol. The summed E-state index contributed by atoms with van der Waals surface area (Å²) in [5.74, 6) is -0.305. The molecule has 1 fully saturated rings. The quantitative estimate of drug-likeness (QED) is 0.369. The third-order valence-corrected chi connectivity index (χ3v) is 8.50. The van der Waals surface area contributed by atoms with Gasteiger partial charge in [0, 0.05) is 59.9 Å². The van der Waals surface area contributed by atoms with Crippen LogP contribution in [0, 0.1) is 6.92 Å². The smallest absolute Gasteiger partial charge is 0.410 e. The van der Waals surface area contributed by atoms with Gasteiger partial charge < -0.3 is 23.5 Å². The fourth-order valence-electron chi connectivity index (χ4n) is 5.43. The highest BCUT2D eigenvalue weighted by Gasteiger charge is 2.30. The van der Waals surface area contributed by atoms with E-state index in [-0.39, 0.29) is 24.2 Å². The molecular weight excluding hydrogens is 528 g/mol. The third-order valence-electron chi connectivity index (χ3n) is 7.37. The van der Waals surface area contributed by atoms with E-state index in [0.717, 1.165) is 51.0 Å². The van der Waals surface area contributed by atoms with E-state index in [0.29, 0.717) is 38.3 Å². The van der Waals surface area contributed by atoms with E-state index in [1.807, 2.05) is 47.6 Å². The van der Waals surface area contributed by atoms with Gasteiger partial charge in [0.2, 0.25) is 0 Å². The first kappa shape index (κ1) is 28.6. The number of fused-ring (bicyclic) bond motifs is 2. The Morgan fingerprint density at radius 1 is 1.10 bits per heavy atom. The van der Waals surface area contributed by atoms with E-state index in [2.05, 4.69) is 28.5 Å². The lowest BCUT2D eigenvalue weighted by Gasteiger charge is -2.34. The maximum absolute atomic E-state index is 13.1. The summed E-state index contributed by atoms with van der Waals surface area (Å²) in [6.45, 7) is 17.7. The molecule has 2 aliphatic rings. The Morgan fingerprint density at radius 2 is 1.82 bits per heavy atom. The van der Waals surface area contributed by atoms with Crippen LogP contribution in [0.5, 0.6) is 0 Å². The molecule has 1 atom stereocenters. The molecule has 3 aromatic heterocycles. The SMILES string of the molecule is Cc1c(C(=O)OC(C)C)cc2cc(-c3nc4c(s3)CN(C(=O)OC(C)(C)C)CC4)cn2c1C(C)N1CCOCC1. The number of amides is 1. The molecule has 9 nitrogen and oxygen atoms in total. The molecule has 3 aromatic rings. The summed E-state index contributed by atoms with van der Waals surface area (Å²) in [6.07, 6.45) is 2.33. The number of hydrogen-bond donors (Lipinski definition) is 0. The Morgan fingerprint density at radius 3 is 2.50 bits per heavy atom. The van der Waals surface area contributed by atoms with Crippen LogP contribution < -0.4 is 0 Å². The van der Waals surface area contributed by atoms with Gasteiger partial charge in [-0.1, -0.05) is 0 Å². The zero-order valence-corrected chi connectivity index (χ0v) is 25.4. The molecule has 2 aliphatic heterocycles. The molecule has 10 heteroatoms. The van der Waals surface area contributed by atoms with Crippen LogP contribution in [0.3, 0.4) is 0 Å². The van der Waals surface area contributed by atoms with Gasteiger partial charge >= 0.3 is 12.1 Å². The zero-order valence-electron chi connectivity index (χ0n) is 24.6. The molecule has 1 amide bonds. The first-order chi connectivity index (χ1) is 18.9. The highest BCUT2D eigenvalue weighted by molar-refractivity contribution is 7.15. The summed E-state index contributed by atoms with van der Waals surface area (Å²) < 4.78 is 19.0. The standard InChI is InChI=1S/C30H40N4O5S/c1-18(2)38-28(35)23-15-22-14-21(16-34(22)26(19(23)3)20(4)32-10-12-37-13-11-32)27-31-24-8-9-33(17-25(24)40-27)29(36)39-30(5,6)7/h14-16,18,20H,8-13,17H2,1-7H3. The van der Waals surface area contributed by atoms with E-state index in [1.165, 1.54) is 0 Å². The lowest BCUT2D eigenvalue weighted by atomic mass is 10.0. The number of esters is 1. The molecule has 0 spiro atoms. The highest BCUT2D eigenvalue weighted by atomic mass is 32.1. The van der Waals surface area contributed by atoms with Gasteiger partial charge in [0.1, 0.15) is 10.6 Å². The van der Waals surface area contributed by atoms with Gasteiger partial charge in [0.05, 0.1) is 37.1 Å². The number of pyridine rings is 1. The Hall–Kier alpha value is -2.95. The van der Waals surface area contributed by atoms with Crippen molar-refractivity contribution < 1.29 is 23.8 Å². The summed E-state index contributed by atoms with van der Waals surface area (Å²) >= 11 is 1.62. The van der Waals surface area contributed by atoms with E-state index < -0.39 is 5.60 Å². The van der Waals surface area contributed by atoms with Crippen LogP contribution in [0.1, 0.15) is 79.8 Å². The van der Waals surface area contributed by atoms with Crippen molar-refractivity contribution in [3.05, 3.63) is 45.7 Å². The maximum Gasteiger partial charge on any atom is 0.410 e. The molecule has 0 aliphatic carbocycles. The van der Waals surface area contributed by atoms with Crippen LogP contribution in [0.25, 0.3) is 16.1 Å². The van der Waals surface area contributed by atoms with E-state index in [4.69, 9.17) is 19.2 Å². The molecular formula is C30H40N4O5S. The molecule has 216 valence electrons. The fraction of sp³-hybridized carbons (Fsp3) is 0.567. The molecule has 5 rings (SSSR count). The van der Waals surface area contributed by atoms with Crippen molar-refractivity contribution in [2.24, 2.45) is 0 Å². The third kappa shape index (κ3) is 5.89. The minimum Gasteiger partial charge on any atom is -0.459 e. The Kier molecular flexibility index (Phi) is 7.96. The molecule has 1 saturated heterocycles. The molecule has 1 unspecified atom stereocenters. The predicted molar refractivity (Wildman–Crippen MR) is 155 cm³/mol. The lowest BCUT2D eigenvalue weighted by molar-refractivity contribution is 0.0186. The highest BCUT2D eigenvalue weighted by Crippen LogP contribution is 2.36. The predicted octanol–water partition coefficient (Wildman–Crippen LogP) is 5.62. The van der Waals surface area contributed by atoms with E-state index in [9.17, 15) is 9.59 Å². The summed E-state index contributed by atoms with van der Waals surface area (Å²) in [5, 5.41) is 0.911. The number of rotatable bonds is 5. The van der Waals surface area contributed by atoms with Gasteiger partial charge in [-0.3, -0.25) is 4.90 Å². The molecule has 5 heterocycles. The molecule has 0 aromatic carbocycles. The van der Waals surface area contributed by atoms with Gasteiger partial charge in [-0.15, -0.1) is 11.3 Å². The number of carbonyl (C=O) groups excluding carboxylic acids is 2. The number of nitrogens with zero attached hydrogens (tertiary/aromatic N) is 4. The second kappa shape index (κ2) is 11.1. The summed E-state index contributed by atoms with van der Waals surface area (Å²) in [4.78, 5) is 36.0. The number of hydrogen-bond acceptors (Lipinski definition) is 8. The first-order valence-electron chi connectivity index (χ1n) is 14.1. The largest absolute Gasteiger partial charge is 0.459 e. The second-order valence-corrected chi connectivity index (χ2v) is 13.0. The zero-order chi connectivity index (χ0) is 28.8. The number of thiazole rings is 1. The molecule has 0 bridgehead atoms. The van der Waals surface area contributed by atoms with E-state index in [1.54, 1.807) is 16.2 Å². The first-order valence-corrected chi connectivity index (χ1v) is 14.9. The van der Waals surface area contributed by atoms with E-state index >= 15 is 0 Å². The summed E-state index contributed by atoms with van der Waals surface area (Å²) in [6, 6.07) is 4.10. The van der Waals surface area contributed by atoms with Crippen molar-refractivity contribution in [1.29, 1.82) is 0 Å². The Labute approximate surface area is 240 Å². The van der Waals surface area contributed by atoms with Crippen LogP contribution in [0.2, 0.25) is 0 Å². The van der Waals surface area contributed by atoms with Crippen molar-refractivity contribution in [3.63, 3.8) is 0 Å². The lowest BCUT2D eigenvalue weighted by Crippen LogP contribution is -2.39. The van der Waals surface area contributed by atoms with Gasteiger partial charge in [-0.25, -0.2) is 14.6 Å². The van der Waals surface area contributed by atoms with Crippen LogP contribution >= 0.6 is 11.3 Å². The minimum atomic E-state index is -0.530. The van der Waals surface area contributed by atoms with Crippen LogP contribution in [0.4, 0.5) is 4.79 Å². The van der Waals surface area contributed by atoms with Gasteiger partial charge in [0.25, 0.3) is 0 Å². The molecule has 0 N–H and O–H groups in total. The number of ether oxygens (including phenoxy) is 3. The van der Waals surface area contributed by atoms with Crippen molar-refractivity contribution >= 4 is 28.9 Å². The van der Waals surface area contributed by atoms with Crippen LogP contribution in [-0.2, 0) is 27.2 Å². The van der Waals surface area contributed by atoms with Crippen molar-refractivity contribution in [3.8, 4) is 10.6 Å². The topological polar surface area (TPSA) is 85.6 Å². The number of aromatic nitrogens is 2. The summed E-state index contributed by atoms with van der Waals surface area (Å²) in [7, 11) is 0. The van der Waals surface area contributed by atoms with Crippen molar-refractivity contribution in [2.45, 2.75) is 79.2 Å². The molecule has 0 radical (unpaired) electrons. The van der Waals surface area contributed by atoms with Crippen molar-refractivity contribution in [1.82, 2.24) is 19.2 Å². The molecule has 0 saturated carbocycles. The second-order valence-electron chi connectivity index (χ2n) is 11.9. The van der Waals surface area contributed by atoms with Crippen LogP contribution in [-0.4, -0.2) is 75.8 Å². The normalized spacial score (nSPS) is 17.2. The minimum absolute atomic E-state index is 0.0744. The average Bonchev–Trinajstić information content (AvgIpc) is 3.50. The van der Waals surface area contributed by atoms with Gasteiger partial charge in [-0.05, 0) is 66.2 Å². The monoisotopic (exact) mass is 568 g/mol. The Balaban J connectivity index is 1.52. The fourth-order valence-corrected chi connectivity index (χ4v) is 6.54. The maximum atomic E-state index is 13.1. The number of morpholine rings is 1. The summed E-state index contributed by atoms with van der Waals surface area (Å²) in [5.41, 5.74) is 5.01.